The van der Waals surface area contributed by atoms with Crippen molar-refractivity contribution < 1.29 is 19.8 Å². The third-order valence-corrected chi connectivity index (χ3v) is 3.06. The summed E-state index contributed by atoms with van der Waals surface area (Å²) in [7, 11) is 0. The van der Waals surface area contributed by atoms with Crippen LogP contribution in [0.2, 0.25) is 5.02 Å². The van der Waals surface area contributed by atoms with Crippen LogP contribution in [0.4, 0.5) is 0 Å². The number of nitrogens with two attached hydrogens (primary N) is 1. The molecule has 108 valence electrons. The number of carbonyl (C=O) groups is 2. The number of hydrogen-bond donors (Lipinski definition) is 3. The molecule has 0 fully saturated rings. The highest BCUT2D eigenvalue weighted by atomic mass is 35.5. The van der Waals surface area contributed by atoms with Crippen molar-refractivity contribution >= 4 is 29.6 Å². The Morgan fingerprint density at radius 3 is 2.30 bits per heavy atom. The topological polar surface area (TPSA) is 101 Å². The Morgan fingerprint density at radius 2 is 1.80 bits per heavy atom. The van der Waals surface area contributed by atoms with Crippen LogP contribution >= 0.6 is 11.6 Å². The SMILES string of the molecule is N[C@@H](C[C@@H](CC=Cc1ccc(Cl)cc1)C(=O)O)C(=O)O. The number of rotatable bonds is 7. The second-order valence-corrected chi connectivity index (χ2v) is 4.84. The van der Waals surface area contributed by atoms with Crippen molar-refractivity contribution in [3.05, 3.63) is 40.9 Å². The third kappa shape index (κ3) is 5.42. The smallest absolute Gasteiger partial charge is 0.320 e. The number of halogens is 1. The van der Waals surface area contributed by atoms with Gasteiger partial charge in [-0.15, -0.1) is 0 Å². The van der Waals surface area contributed by atoms with Gasteiger partial charge in [-0.2, -0.15) is 0 Å². The average Bonchev–Trinajstić information content (AvgIpc) is 2.39. The van der Waals surface area contributed by atoms with Crippen LogP contribution in [0, 0.1) is 5.92 Å². The Kier molecular flexibility index (Phi) is 6.21. The first kappa shape index (κ1) is 16.2. The molecule has 1 aromatic carbocycles. The fourth-order valence-corrected chi connectivity index (χ4v) is 1.77. The number of aliphatic carboxylic acids is 2. The minimum atomic E-state index is -1.20. The Labute approximate surface area is 121 Å². The zero-order valence-electron chi connectivity index (χ0n) is 10.7. The van der Waals surface area contributed by atoms with Crippen molar-refractivity contribution in [3.63, 3.8) is 0 Å². The molecule has 1 rings (SSSR count). The summed E-state index contributed by atoms with van der Waals surface area (Å²) in [6.45, 7) is 0. The normalized spacial score (nSPS) is 14.1. The van der Waals surface area contributed by atoms with Gasteiger partial charge >= 0.3 is 11.9 Å². The summed E-state index contributed by atoms with van der Waals surface area (Å²) in [4.78, 5) is 21.7. The van der Waals surface area contributed by atoms with Gasteiger partial charge in [-0.25, -0.2) is 0 Å². The summed E-state index contributed by atoms with van der Waals surface area (Å²) in [5.74, 6) is -3.06. The molecule has 1 aromatic rings. The van der Waals surface area contributed by atoms with E-state index in [4.69, 9.17) is 27.5 Å². The van der Waals surface area contributed by atoms with E-state index < -0.39 is 23.9 Å². The van der Waals surface area contributed by atoms with E-state index >= 15 is 0 Å². The van der Waals surface area contributed by atoms with E-state index in [0.29, 0.717) is 5.02 Å². The van der Waals surface area contributed by atoms with Crippen molar-refractivity contribution in [1.82, 2.24) is 0 Å². The lowest BCUT2D eigenvalue weighted by Crippen LogP contribution is -2.34. The quantitative estimate of drug-likeness (QED) is 0.716. The van der Waals surface area contributed by atoms with Gasteiger partial charge in [-0.1, -0.05) is 35.9 Å². The Hall–Kier alpha value is -1.85. The molecule has 4 N–H and O–H groups in total. The van der Waals surface area contributed by atoms with Crippen LogP contribution in [0.5, 0.6) is 0 Å². The Morgan fingerprint density at radius 1 is 1.20 bits per heavy atom. The van der Waals surface area contributed by atoms with E-state index in [0.717, 1.165) is 5.56 Å². The lowest BCUT2D eigenvalue weighted by atomic mass is 9.96. The van der Waals surface area contributed by atoms with Gasteiger partial charge in [0.15, 0.2) is 0 Å². The molecule has 2 atom stereocenters. The largest absolute Gasteiger partial charge is 0.481 e. The second kappa shape index (κ2) is 7.67. The highest BCUT2D eigenvalue weighted by molar-refractivity contribution is 6.30. The maximum Gasteiger partial charge on any atom is 0.320 e. The Balaban J connectivity index is 2.60. The molecule has 0 saturated heterocycles. The molecule has 0 unspecified atom stereocenters. The zero-order valence-corrected chi connectivity index (χ0v) is 11.5. The molecule has 0 radical (unpaired) electrons. The molecule has 0 aliphatic rings. The van der Waals surface area contributed by atoms with Crippen molar-refractivity contribution in [3.8, 4) is 0 Å². The van der Waals surface area contributed by atoms with Gasteiger partial charge in [0.05, 0.1) is 5.92 Å². The van der Waals surface area contributed by atoms with E-state index in [1.54, 1.807) is 36.4 Å². The summed E-state index contributed by atoms with van der Waals surface area (Å²) in [5.41, 5.74) is 6.24. The molecule has 0 bridgehead atoms. The monoisotopic (exact) mass is 297 g/mol. The number of hydrogen-bond acceptors (Lipinski definition) is 3. The van der Waals surface area contributed by atoms with Crippen LogP contribution in [0.3, 0.4) is 0 Å². The molecular formula is C14H16ClNO4. The molecular weight excluding hydrogens is 282 g/mol. The lowest BCUT2D eigenvalue weighted by molar-refractivity contribution is -0.143. The molecule has 0 saturated carbocycles. The van der Waals surface area contributed by atoms with Crippen molar-refractivity contribution in [1.29, 1.82) is 0 Å². The van der Waals surface area contributed by atoms with Crippen LogP contribution in [-0.2, 0) is 9.59 Å². The van der Waals surface area contributed by atoms with E-state index in [9.17, 15) is 9.59 Å². The molecule has 0 heterocycles. The predicted molar refractivity (Wildman–Crippen MR) is 76.5 cm³/mol. The van der Waals surface area contributed by atoms with Crippen molar-refractivity contribution in [2.75, 3.05) is 0 Å². The molecule has 0 aromatic heterocycles. The van der Waals surface area contributed by atoms with Gasteiger partial charge in [0.1, 0.15) is 6.04 Å². The third-order valence-electron chi connectivity index (χ3n) is 2.81. The molecule has 0 aliphatic heterocycles. The number of benzene rings is 1. The average molecular weight is 298 g/mol. The van der Waals surface area contributed by atoms with Gasteiger partial charge < -0.3 is 15.9 Å². The van der Waals surface area contributed by atoms with Crippen LogP contribution in [-0.4, -0.2) is 28.2 Å². The molecule has 0 aliphatic carbocycles. The molecule has 20 heavy (non-hydrogen) atoms. The van der Waals surface area contributed by atoms with Gasteiger partial charge in [0, 0.05) is 5.02 Å². The first-order chi connectivity index (χ1) is 9.40. The van der Waals surface area contributed by atoms with Crippen LogP contribution < -0.4 is 5.73 Å². The minimum Gasteiger partial charge on any atom is -0.481 e. The summed E-state index contributed by atoms with van der Waals surface area (Å²) in [6.07, 6.45) is 3.57. The standard InChI is InChI=1S/C14H16ClNO4/c15-11-6-4-9(5-7-11)2-1-3-10(13(17)18)8-12(16)14(19)20/h1-2,4-7,10,12H,3,8,16H2,(H,17,18)(H,19,20)/t10-,12+/m1/s1. The minimum absolute atomic E-state index is 0.102. The highest BCUT2D eigenvalue weighted by Crippen LogP contribution is 2.15. The van der Waals surface area contributed by atoms with E-state index in [-0.39, 0.29) is 12.8 Å². The van der Waals surface area contributed by atoms with Crippen LogP contribution in [0.1, 0.15) is 18.4 Å². The zero-order chi connectivity index (χ0) is 15.1. The van der Waals surface area contributed by atoms with Gasteiger partial charge in [0.2, 0.25) is 0 Å². The molecule has 6 heteroatoms. The maximum atomic E-state index is 11.0. The van der Waals surface area contributed by atoms with Crippen molar-refractivity contribution in [2.45, 2.75) is 18.9 Å². The molecule has 5 nitrogen and oxygen atoms in total. The maximum absolute atomic E-state index is 11.0. The summed E-state index contributed by atoms with van der Waals surface area (Å²) < 4.78 is 0. The number of allylic oxidation sites excluding steroid dienone is 1. The predicted octanol–water partition coefficient (Wildman–Crippen LogP) is 2.25. The summed E-state index contributed by atoms with van der Waals surface area (Å²) in [6, 6.07) is 5.90. The van der Waals surface area contributed by atoms with Crippen molar-refractivity contribution in [2.24, 2.45) is 11.7 Å². The van der Waals surface area contributed by atoms with Crippen LogP contribution in [0.15, 0.2) is 30.3 Å². The number of carboxylic acids is 2. The van der Waals surface area contributed by atoms with E-state index in [2.05, 4.69) is 0 Å². The highest BCUT2D eigenvalue weighted by Gasteiger charge is 2.23. The van der Waals surface area contributed by atoms with E-state index in [1.165, 1.54) is 0 Å². The number of carboxylic acid groups (broad SMARTS) is 2. The lowest BCUT2D eigenvalue weighted by Gasteiger charge is -2.12. The summed E-state index contributed by atoms with van der Waals surface area (Å²) in [5, 5.41) is 18.4. The van der Waals surface area contributed by atoms with Gasteiger partial charge in [-0.3, -0.25) is 9.59 Å². The first-order valence-electron chi connectivity index (χ1n) is 6.03. The second-order valence-electron chi connectivity index (χ2n) is 4.41. The fraction of sp³-hybridized carbons (Fsp3) is 0.286. The Bertz CT molecular complexity index is 498. The fourth-order valence-electron chi connectivity index (χ4n) is 1.65. The van der Waals surface area contributed by atoms with Gasteiger partial charge in [0.25, 0.3) is 0 Å². The summed E-state index contributed by atoms with van der Waals surface area (Å²) >= 11 is 5.75. The first-order valence-corrected chi connectivity index (χ1v) is 6.41. The molecule has 0 spiro atoms. The van der Waals surface area contributed by atoms with Crippen LogP contribution in [0.25, 0.3) is 6.08 Å². The van der Waals surface area contributed by atoms with Gasteiger partial charge in [-0.05, 0) is 30.5 Å². The van der Waals surface area contributed by atoms with E-state index in [1.807, 2.05) is 0 Å². The molecule has 0 amide bonds.